The molecule has 1 aliphatic rings. The third-order valence-electron chi connectivity index (χ3n) is 4.41. The van der Waals surface area contributed by atoms with Gasteiger partial charge >= 0.3 is 0 Å². The van der Waals surface area contributed by atoms with E-state index in [-0.39, 0.29) is 16.1 Å². The van der Waals surface area contributed by atoms with Crippen molar-refractivity contribution in [1.82, 2.24) is 14.5 Å². The lowest BCUT2D eigenvalue weighted by Crippen LogP contribution is -2.12. The second-order valence-corrected chi connectivity index (χ2v) is 6.99. The van der Waals surface area contributed by atoms with E-state index in [0.717, 1.165) is 30.0 Å². The number of imidazole rings is 1. The summed E-state index contributed by atoms with van der Waals surface area (Å²) in [5, 5.41) is 3.25. The predicted molar refractivity (Wildman–Crippen MR) is 103 cm³/mol. The van der Waals surface area contributed by atoms with Crippen LogP contribution >= 0.6 is 23.2 Å². The Balaban J connectivity index is 1.49. The molecule has 3 heterocycles. The summed E-state index contributed by atoms with van der Waals surface area (Å²) < 4.78 is 2.23. The number of amides is 1. The van der Waals surface area contributed by atoms with Gasteiger partial charge in [-0.05, 0) is 31.0 Å². The van der Waals surface area contributed by atoms with E-state index >= 15 is 0 Å². The molecule has 0 unspecified atom stereocenters. The normalized spacial score (nSPS) is 13.3. The van der Waals surface area contributed by atoms with E-state index in [1.807, 2.05) is 24.3 Å². The fourth-order valence-corrected chi connectivity index (χ4v) is 3.29. The molecular weight excluding hydrogens is 371 g/mol. The van der Waals surface area contributed by atoms with E-state index < -0.39 is 0 Å². The Kier molecular flexibility index (Phi) is 4.66. The fourth-order valence-electron chi connectivity index (χ4n) is 3.02. The molecule has 132 valence electrons. The topological polar surface area (TPSA) is 59.8 Å². The number of halogens is 2. The number of hydrogen-bond donors (Lipinski definition) is 1. The molecule has 1 amide bonds. The van der Waals surface area contributed by atoms with Crippen LogP contribution in [-0.2, 0) is 13.0 Å². The average molecular weight is 387 g/mol. The van der Waals surface area contributed by atoms with Gasteiger partial charge in [-0.25, -0.2) is 9.97 Å². The minimum absolute atomic E-state index is 0.176. The van der Waals surface area contributed by atoms with Crippen molar-refractivity contribution in [2.75, 3.05) is 5.32 Å². The number of nitrogens with zero attached hydrogens (tertiary/aromatic N) is 3. The number of carbonyl (C=O) groups excluding carboxylic acids is 1. The molecule has 3 aromatic rings. The Morgan fingerprint density at radius 1 is 1.15 bits per heavy atom. The highest BCUT2D eigenvalue weighted by atomic mass is 35.5. The maximum atomic E-state index is 12.3. The molecule has 7 heteroatoms. The van der Waals surface area contributed by atoms with Gasteiger partial charge in [0.2, 0.25) is 0 Å². The first-order chi connectivity index (χ1) is 12.6. The van der Waals surface area contributed by atoms with Crippen molar-refractivity contribution in [3.63, 3.8) is 0 Å². The molecule has 4 rings (SSSR count). The lowest BCUT2D eigenvalue weighted by atomic mass is 10.1. The van der Waals surface area contributed by atoms with Gasteiger partial charge < -0.3 is 9.88 Å². The number of aromatic nitrogens is 3. The van der Waals surface area contributed by atoms with E-state index in [1.165, 1.54) is 25.1 Å². The molecule has 1 N–H and O–H groups in total. The van der Waals surface area contributed by atoms with Crippen molar-refractivity contribution < 1.29 is 4.79 Å². The van der Waals surface area contributed by atoms with Crippen molar-refractivity contribution in [2.45, 2.75) is 25.8 Å². The zero-order chi connectivity index (χ0) is 18.1. The van der Waals surface area contributed by atoms with Gasteiger partial charge in [-0.1, -0.05) is 35.3 Å². The third-order valence-corrected chi connectivity index (χ3v) is 5.09. The Bertz CT molecular complexity index is 943. The van der Waals surface area contributed by atoms with Crippen LogP contribution in [0.15, 0.2) is 42.7 Å². The summed E-state index contributed by atoms with van der Waals surface area (Å²) in [5.74, 6) is 0.858. The molecule has 0 atom stereocenters. The van der Waals surface area contributed by atoms with Gasteiger partial charge in [0.25, 0.3) is 5.91 Å². The quantitative estimate of drug-likeness (QED) is 0.655. The first-order valence-corrected chi connectivity index (χ1v) is 9.14. The molecule has 0 spiro atoms. The Labute approximate surface area is 161 Å². The van der Waals surface area contributed by atoms with Crippen LogP contribution in [0.2, 0.25) is 10.2 Å². The van der Waals surface area contributed by atoms with Crippen molar-refractivity contribution >= 4 is 34.8 Å². The van der Waals surface area contributed by atoms with Crippen molar-refractivity contribution in [3.8, 4) is 11.3 Å². The molecule has 5 nitrogen and oxygen atoms in total. The lowest BCUT2D eigenvalue weighted by Gasteiger charge is -2.11. The van der Waals surface area contributed by atoms with Crippen LogP contribution in [0.3, 0.4) is 0 Å². The van der Waals surface area contributed by atoms with Crippen LogP contribution in [0, 0.1) is 0 Å². The zero-order valence-electron chi connectivity index (χ0n) is 13.9. The Morgan fingerprint density at radius 2 is 1.96 bits per heavy atom. The number of pyridine rings is 1. The van der Waals surface area contributed by atoms with Crippen LogP contribution in [-0.4, -0.2) is 20.4 Å². The molecule has 0 fully saturated rings. The summed E-state index contributed by atoms with van der Waals surface area (Å²) in [6.07, 6.45) is 6.94. The summed E-state index contributed by atoms with van der Waals surface area (Å²) in [5.41, 5.74) is 3.04. The van der Waals surface area contributed by atoms with Gasteiger partial charge in [-0.15, -0.1) is 0 Å². The summed E-state index contributed by atoms with van der Waals surface area (Å²) in [7, 11) is 0. The van der Waals surface area contributed by atoms with Gasteiger partial charge in [0, 0.05) is 36.6 Å². The van der Waals surface area contributed by atoms with E-state index in [2.05, 4.69) is 21.1 Å². The molecule has 2 aromatic heterocycles. The van der Waals surface area contributed by atoms with Crippen molar-refractivity contribution in [2.24, 2.45) is 0 Å². The van der Waals surface area contributed by atoms with E-state index in [0.29, 0.717) is 11.3 Å². The molecule has 26 heavy (non-hydrogen) atoms. The van der Waals surface area contributed by atoms with Crippen LogP contribution in [0.25, 0.3) is 11.3 Å². The molecule has 0 saturated carbocycles. The van der Waals surface area contributed by atoms with Crippen LogP contribution in [0.5, 0.6) is 0 Å². The molecule has 0 aliphatic carbocycles. The second kappa shape index (κ2) is 7.09. The van der Waals surface area contributed by atoms with Gasteiger partial charge in [-0.2, -0.15) is 0 Å². The fraction of sp³-hybridized carbons (Fsp3) is 0.211. The van der Waals surface area contributed by atoms with Crippen LogP contribution in [0.4, 0.5) is 5.69 Å². The Hall–Kier alpha value is -2.37. The standard InChI is InChI=1S/C19H16Cl2N4O/c20-15-9-13(10-22-18(15)21)19(26)23-14-6-4-12(5-7-14)16-11-25-8-2-1-3-17(25)24-16/h4-7,9-11H,1-3,8H2,(H,23,26). The SMILES string of the molecule is O=C(Nc1ccc(-c2cn3c(n2)CCCC3)cc1)c1cnc(Cl)c(Cl)c1. The highest BCUT2D eigenvalue weighted by molar-refractivity contribution is 6.41. The van der Waals surface area contributed by atoms with Gasteiger partial charge in [0.1, 0.15) is 11.0 Å². The summed E-state index contributed by atoms with van der Waals surface area (Å²) >= 11 is 11.7. The maximum absolute atomic E-state index is 12.3. The number of nitrogens with one attached hydrogen (secondary N) is 1. The number of aryl methyl sites for hydroxylation is 2. The zero-order valence-corrected chi connectivity index (χ0v) is 15.4. The molecule has 1 aliphatic heterocycles. The second-order valence-electron chi connectivity index (χ2n) is 6.22. The minimum atomic E-state index is -0.290. The Morgan fingerprint density at radius 3 is 2.69 bits per heavy atom. The van der Waals surface area contributed by atoms with Crippen LogP contribution < -0.4 is 5.32 Å². The predicted octanol–water partition coefficient (Wildman–Crippen LogP) is 4.84. The average Bonchev–Trinajstić information content (AvgIpc) is 3.08. The molecule has 1 aromatic carbocycles. The van der Waals surface area contributed by atoms with E-state index in [9.17, 15) is 4.79 Å². The van der Waals surface area contributed by atoms with E-state index in [1.54, 1.807) is 0 Å². The van der Waals surface area contributed by atoms with E-state index in [4.69, 9.17) is 28.2 Å². The molecule has 0 radical (unpaired) electrons. The van der Waals surface area contributed by atoms with Gasteiger partial charge in [-0.3, -0.25) is 4.79 Å². The monoisotopic (exact) mass is 386 g/mol. The number of anilines is 1. The van der Waals surface area contributed by atoms with Gasteiger partial charge in [0.15, 0.2) is 0 Å². The first kappa shape index (κ1) is 17.1. The van der Waals surface area contributed by atoms with Crippen molar-refractivity contribution in [1.29, 1.82) is 0 Å². The number of rotatable bonds is 3. The molecule has 0 saturated heterocycles. The minimum Gasteiger partial charge on any atom is -0.334 e. The summed E-state index contributed by atoms with van der Waals surface area (Å²) in [4.78, 5) is 20.9. The number of hydrogen-bond acceptors (Lipinski definition) is 3. The smallest absolute Gasteiger partial charge is 0.257 e. The highest BCUT2D eigenvalue weighted by Gasteiger charge is 2.14. The number of fused-ring (bicyclic) bond motifs is 1. The van der Waals surface area contributed by atoms with Crippen molar-refractivity contribution in [3.05, 3.63) is 64.3 Å². The van der Waals surface area contributed by atoms with Crippen LogP contribution in [0.1, 0.15) is 29.0 Å². The molecule has 0 bridgehead atoms. The maximum Gasteiger partial charge on any atom is 0.257 e. The largest absolute Gasteiger partial charge is 0.334 e. The molecular formula is C19H16Cl2N4O. The highest BCUT2D eigenvalue weighted by Crippen LogP contribution is 2.24. The third kappa shape index (κ3) is 3.45. The first-order valence-electron chi connectivity index (χ1n) is 8.39. The van der Waals surface area contributed by atoms with Gasteiger partial charge in [0.05, 0.1) is 16.3 Å². The number of carbonyl (C=O) groups is 1. The number of benzene rings is 1. The summed E-state index contributed by atoms with van der Waals surface area (Å²) in [6, 6.07) is 9.12. The lowest BCUT2D eigenvalue weighted by molar-refractivity contribution is 0.102. The summed E-state index contributed by atoms with van der Waals surface area (Å²) in [6.45, 7) is 1.04.